The van der Waals surface area contributed by atoms with E-state index in [4.69, 9.17) is 23.7 Å². The van der Waals surface area contributed by atoms with Crippen LogP contribution in [0.4, 0.5) is 5.69 Å². The van der Waals surface area contributed by atoms with Crippen LogP contribution in [-0.4, -0.2) is 65.4 Å². The van der Waals surface area contributed by atoms with Crippen molar-refractivity contribution < 1.29 is 33.3 Å². The number of nitrogens with one attached hydrogen (secondary N) is 3. The molecule has 0 saturated heterocycles. The van der Waals surface area contributed by atoms with E-state index in [1.165, 1.54) is 6.92 Å². The maximum Gasteiger partial charge on any atom is 0.243 e. The average Bonchev–Trinajstić information content (AvgIpc) is 3.35. The van der Waals surface area contributed by atoms with Gasteiger partial charge in [0.2, 0.25) is 23.0 Å². The van der Waals surface area contributed by atoms with E-state index in [0.29, 0.717) is 64.9 Å². The van der Waals surface area contributed by atoms with Crippen molar-refractivity contribution in [3.8, 4) is 39.9 Å². The quantitative estimate of drug-likeness (QED) is 0.175. The summed E-state index contributed by atoms with van der Waals surface area (Å²) in [7, 11) is 7.83. The van der Waals surface area contributed by atoms with Crippen LogP contribution in [0.3, 0.4) is 0 Å². The lowest BCUT2D eigenvalue weighted by Gasteiger charge is -2.27. The van der Waals surface area contributed by atoms with Gasteiger partial charge >= 0.3 is 0 Å². The van der Waals surface area contributed by atoms with Gasteiger partial charge in [0, 0.05) is 12.5 Å². The summed E-state index contributed by atoms with van der Waals surface area (Å²) >= 11 is 1.62. The molecule has 0 saturated carbocycles. The Morgan fingerprint density at radius 1 is 0.880 bits per heavy atom. The number of hydrogen-bond acceptors (Lipinski definition) is 10. The third-order valence-corrected chi connectivity index (χ3v) is 9.55. The van der Waals surface area contributed by atoms with Gasteiger partial charge in [-0.1, -0.05) is 26.0 Å². The Hall–Kier alpha value is -4.58. The number of rotatable bonds is 15. The number of amides is 2. The second kappa shape index (κ2) is 17.4. The van der Waals surface area contributed by atoms with E-state index in [0.717, 1.165) is 16.7 Å². The number of carbonyl (C=O) groups is 2. The molecule has 270 valence electrons. The monoisotopic (exact) mass is 707 g/mol. The van der Waals surface area contributed by atoms with Crippen molar-refractivity contribution >= 4 is 29.3 Å². The molecule has 0 heterocycles. The second-order valence-electron chi connectivity index (χ2n) is 12.4. The number of carbonyl (C=O) groups excluding carboxylic acids is 2. The molecule has 3 N–H and O–H groups in total. The van der Waals surface area contributed by atoms with Crippen LogP contribution in [0.5, 0.6) is 28.7 Å². The van der Waals surface area contributed by atoms with Gasteiger partial charge < -0.3 is 39.6 Å². The molecule has 12 heteroatoms. The van der Waals surface area contributed by atoms with Crippen LogP contribution in [-0.2, 0) is 16.0 Å². The first-order valence-electron chi connectivity index (χ1n) is 16.6. The van der Waals surface area contributed by atoms with Gasteiger partial charge in [-0.3, -0.25) is 14.4 Å². The summed E-state index contributed by atoms with van der Waals surface area (Å²) in [6, 6.07) is 11.1. The van der Waals surface area contributed by atoms with E-state index in [2.05, 4.69) is 16.0 Å². The molecule has 3 unspecified atom stereocenters. The normalized spacial score (nSPS) is 14.6. The molecule has 2 amide bonds. The topological polar surface area (TPSA) is 133 Å². The highest BCUT2D eigenvalue weighted by Crippen LogP contribution is 2.50. The zero-order valence-electron chi connectivity index (χ0n) is 30.4. The summed E-state index contributed by atoms with van der Waals surface area (Å²) in [6.45, 7) is 5.53. The van der Waals surface area contributed by atoms with Crippen LogP contribution in [0.25, 0.3) is 11.1 Å². The van der Waals surface area contributed by atoms with Crippen molar-refractivity contribution in [1.82, 2.24) is 10.6 Å². The molecule has 0 aliphatic heterocycles. The first-order valence-corrected chi connectivity index (χ1v) is 18.0. The number of thioether (sulfide) groups is 1. The van der Waals surface area contributed by atoms with Crippen LogP contribution in [0.1, 0.15) is 62.4 Å². The molecule has 0 aromatic heterocycles. The Balaban J connectivity index is 1.80. The highest BCUT2D eigenvalue weighted by molar-refractivity contribution is 7.98. The van der Waals surface area contributed by atoms with Crippen LogP contribution in [0.15, 0.2) is 47.3 Å². The molecule has 3 atom stereocenters. The third-order valence-electron chi connectivity index (χ3n) is 8.90. The molecular weight excluding hydrogens is 658 g/mol. The summed E-state index contributed by atoms with van der Waals surface area (Å²) in [5.74, 6) is 2.87. The van der Waals surface area contributed by atoms with Gasteiger partial charge in [0.1, 0.15) is 6.04 Å². The smallest absolute Gasteiger partial charge is 0.243 e. The van der Waals surface area contributed by atoms with E-state index in [-0.39, 0.29) is 34.9 Å². The third kappa shape index (κ3) is 8.40. The molecule has 3 aromatic carbocycles. The number of ether oxygens (including phenoxy) is 5. The number of anilines is 1. The molecule has 50 heavy (non-hydrogen) atoms. The Labute approximate surface area is 298 Å². The number of hydrogen-bond donors (Lipinski definition) is 3. The van der Waals surface area contributed by atoms with E-state index >= 15 is 0 Å². The first kappa shape index (κ1) is 38.2. The minimum Gasteiger partial charge on any atom is -0.493 e. The maximum absolute atomic E-state index is 14.0. The average molecular weight is 708 g/mol. The lowest BCUT2D eigenvalue weighted by molar-refractivity contribution is -0.123. The van der Waals surface area contributed by atoms with Gasteiger partial charge in [0.15, 0.2) is 23.0 Å². The van der Waals surface area contributed by atoms with E-state index in [1.807, 2.05) is 50.4 Å². The summed E-state index contributed by atoms with van der Waals surface area (Å²) in [6.07, 6.45) is 3.58. The Kier molecular flexibility index (Phi) is 13.3. The number of methoxy groups -OCH3 is 5. The Morgan fingerprint density at radius 2 is 1.58 bits per heavy atom. The van der Waals surface area contributed by atoms with Gasteiger partial charge in [-0.25, -0.2) is 0 Å². The fourth-order valence-corrected chi connectivity index (χ4v) is 6.93. The predicted molar refractivity (Wildman–Crippen MR) is 198 cm³/mol. The first-order chi connectivity index (χ1) is 24.0. The van der Waals surface area contributed by atoms with E-state index < -0.39 is 12.1 Å². The van der Waals surface area contributed by atoms with Crippen molar-refractivity contribution in [2.75, 3.05) is 52.9 Å². The van der Waals surface area contributed by atoms with Gasteiger partial charge in [-0.2, -0.15) is 11.8 Å². The van der Waals surface area contributed by atoms with E-state index in [9.17, 15) is 14.4 Å². The number of benzene rings is 2. The van der Waals surface area contributed by atoms with Crippen LogP contribution < -0.4 is 45.1 Å². The second-order valence-corrected chi connectivity index (χ2v) is 13.4. The minimum atomic E-state index is -0.712. The fourth-order valence-electron chi connectivity index (χ4n) is 6.45. The fraction of sp³-hybridized carbons (Fsp3) is 0.447. The van der Waals surface area contributed by atoms with Crippen molar-refractivity contribution in [3.05, 3.63) is 69.4 Å². The summed E-state index contributed by atoms with van der Waals surface area (Å²) in [5.41, 5.74) is 3.84. The highest BCUT2D eigenvalue weighted by atomic mass is 32.2. The lowest BCUT2D eigenvalue weighted by atomic mass is 9.95. The Morgan fingerprint density at radius 3 is 2.18 bits per heavy atom. The van der Waals surface area contributed by atoms with Gasteiger partial charge in [-0.15, -0.1) is 0 Å². The largest absolute Gasteiger partial charge is 0.493 e. The number of fused-ring (bicyclic) bond motifs is 3. The molecule has 0 bridgehead atoms. The molecule has 0 spiro atoms. The van der Waals surface area contributed by atoms with Crippen LogP contribution in [0.2, 0.25) is 0 Å². The van der Waals surface area contributed by atoms with Crippen molar-refractivity contribution in [3.63, 3.8) is 0 Å². The SMILES string of the molecule is COc1ccc(C(NC(=O)C(CCSC)Nc2ccc3c(cc2=O)C(NC(C)=O)CCc2cc(OC)c(OC)c(OC)c2-3)C(C)C)cc1OC. The molecule has 4 rings (SSSR count). The number of aryl methyl sites for hydroxylation is 1. The molecular formula is C38H49N3O8S. The highest BCUT2D eigenvalue weighted by Gasteiger charge is 2.30. The standard InChI is InChI=1S/C38H49N3O8S/c1-21(2)35(24-11-15-31(45-4)32(19-24)46-5)41-38(44)29(16-17-50-9)40-28-14-12-25-26(20-30(28)43)27(39-22(3)42)13-10-23-18-33(47-6)36(48-7)37(49-8)34(23)25/h11-12,14-15,18-21,27,29,35H,10,13,16-17H2,1-9H3,(H,39,42)(H,40,43)(H,41,44). The van der Waals surface area contributed by atoms with Crippen molar-refractivity contribution in [2.45, 2.75) is 58.2 Å². The lowest BCUT2D eigenvalue weighted by Crippen LogP contribution is -2.43. The zero-order chi connectivity index (χ0) is 36.5. The van der Waals surface area contributed by atoms with Gasteiger partial charge in [0.05, 0.1) is 53.3 Å². The Bertz CT molecular complexity index is 1750. The summed E-state index contributed by atoms with van der Waals surface area (Å²) in [5, 5.41) is 9.54. The van der Waals surface area contributed by atoms with Gasteiger partial charge in [0.25, 0.3) is 0 Å². The maximum atomic E-state index is 14.0. The van der Waals surface area contributed by atoms with Crippen molar-refractivity contribution in [1.29, 1.82) is 0 Å². The molecule has 0 radical (unpaired) electrons. The molecule has 1 aliphatic rings. The van der Waals surface area contributed by atoms with Crippen LogP contribution in [0, 0.1) is 5.92 Å². The molecule has 0 fully saturated rings. The predicted octanol–water partition coefficient (Wildman–Crippen LogP) is 5.93. The zero-order valence-corrected chi connectivity index (χ0v) is 31.2. The van der Waals surface area contributed by atoms with Crippen LogP contribution >= 0.6 is 11.8 Å². The minimum absolute atomic E-state index is 0.0508. The van der Waals surface area contributed by atoms with Gasteiger partial charge in [-0.05, 0) is 89.8 Å². The van der Waals surface area contributed by atoms with Crippen molar-refractivity contribution in [2.24, 2.45) is 5.92 Å². The molecule has 1 aliphatic carbocycles. The molecule has 11 nitrogen and oxygen atoms in total. The summed E-state index contributed by atoms with van der Waals surface area (Å²) < 4.78 is 28.2. The summed E-state index contributed by atoms with van der Waals surface area (Å²) in [4.78, 5) is 40.4. The van der Waals surface area contributed by atoms with E-state index in [1.54, 1.807) is 59.4 Å². The molecule has 3 aromatic rings.